The van der Waals surface area contributed by atoms with E-state index >= 15 is 0 Å². The molecule has 0 spiro atoms. The molecular weight excluding hydrogens is 386 g/mol. The first-order valence-electron chi connectivity index (χ1n) is 10.5. The summed E-state index contributed by atoms with van der Waals surface area (Å²) in [6.45, 7) is 5.47. The van der Waals surface area contributed by atoms with E-state index in [1.54, 1.807) is 6.92 Å². The van der Waals surface area contributed by atoms with Gasteiger partial charge in [0.15, 0.2) is 11.6 Å². The van der Waals surface area contributed by atoms with Crippen LogP contribution in [0, 0.1) is 6.92 Å². The lowest BCUT2D eigenvalue weighted by Gasteiger charge is -2.21. The van der Waals surface area contributed by atoms with Gasteiger partial charge in [-0.25, -0.2) is 4.98 Å². The number of rotatable bonds is 7. The average Bonchev–Trinajstić information content (AvgIpc) is 3.32. The number of anilines is 1. The smallest absolute Gasteiger partial charge is 0.162 e. The normalized spacial score (nSPS) is 11.4. The van der Waals surface area contributed by atoms with Gasteiger partial charge in [0.25, 0.3) is 0 Å². The van der Waals surface area contributed by atoms with Gasteiger partial charge in [-0.2, -0.15) is 0 Å². The van der Waals surface area contributed by atoms with Crippen LogP contribution in [0.1, 0.15) is 23.0 Å². The highest BCUT2D eigenvalue weighted by molar-refractivity contribution is 6.05. The third-order valence-electron chi connectivity index (χ3n) is 5.63. The highest BCUT2D eigenvalue weighted by Gasteiger charge is 2.22. The van der Waals surface area contributed by atoms with E-state index in [1.165, 1.54) is 0 Å². The van der Waals surface area contributed by atoms with Crippen molar-refractivity contribution in [2.75, 3.05) is 39.1 Å². The van der Waals surface area contributed by atoms with E-state index in [0.29, 0.717) is 5.56 Å². The van der Waals surface area contributed by atoms with E-state index in [0.717, 1.165) is 58.1 Å². The molecule has 6 nitrogen and oxygen atoms in total. The summed E-state index contributed by atoms with van der Waals surface area (Å²) in [5.41, 5.74) is 7.31. The van der Waals surface area contributed by atoms with E-state index in [9.17, 15) is 4.79 Å². The lowest BCUT2D eigenvalue weighted by Crippen LogP contribution is -2.28. The molecule has 4 rings (SSSR count). The molecule has 0 fully saturated rings. The van der Waals surface area contributed by atoms with E-state index in [1.807, 2.05) is 43.3 Å². The topological polar surface area (TPSA) is 68.0 Å². The minimum absolute atomic E-state index is 0.0415. The minimum Gasteiger partial charge on any atom is -0.373 e. The summed E-state index contributed by atoms with van der Waals surface area (Å²) < 4.78 is 0. The van der Waals surface area contributed by atoms with Gasteiger partial charge >= 0.3 is 0 Å². The van der Waals surface area contributed by atoms with Crippen LogP contribution in [0.25, 0.3) is 33.7 Å². The number of aryl methyl sites for hydroxylation is 1. The number of hydrogen-bond donors (Lipinski definition) is 2. The van der Waals surface area contributed by atoms with Gasteiger partial charge in [0.2, 0.25) is 0 Å². The Morgan fingerprint density at radius 1 is 1.00 bits per heavy atom. The first kappa shape index (κ1) is 20.9. The molecule has 31 heavy (non-hydrogen) atoms. The third kappa shape index (κ3) is 4.11. The molecule has 2 heterocycles. The molecule has 0 aliphatic carbocycles. The molecule has 2 N–H and O–H groups in total. The molecule has 2 aromatic carbocycles. The molecule has 0 saturated heterocycles. The maximum absolute atomic E-state index is 12.4. The molecule has 0 aliphatic rings. The van der Waals surface area contributed by atoms with Gasteiger partial charge < -0.3 is 19.8 Å². The molecule has 6 heteroatoms. The van der Waals surface area contributed by atoms with Gasteiger partial charge in [0.05, 0.1) is 16.7 Å². The lowest BCUT2D eigenvalue weighted by atomic mass is 9.98. The molecule has 4 aromatic rings. The number of benzene rings is 2. The zero-order chi connectivity index (χ0) is 22.1. The van der Waals surface area contributed by atoms with Gasteiger partial charge in [0.1, 0.15) is 0 Å². The maximum atomic E-state index is 12.4. The first-order chi connectivity index (χ1) is 14.8. The predicted octanol–water partition coefficient (Wildman–Crippen LogP) is 4.73. The number of aromatic amines is 2. The summed E-state index contributed by atoms with van der Waals surface area (Å²) >= 11 is 0. The van der Waals surface area contributed by atoms with Gasteiger partial charge in [-0.15, -0.1) is 0 Å². The molecule has 0 unspecified atom stereocenters. The molecule has 0 atom stereocenters. The Bertz CT molecular complexity index is 1220. The van der Waals surface area contributed by atoms with Gasteiger partial charge in [-0.1, -0.05) is 30.3 Å². The quantitative estimate of drug-likeness (QED) is 0.428. The Balaban J connectivity index is 1.79. The number of ketones is 1. The van der Waals surface area contributed by atoms with Crippen LogP contribution in [0.15, 0.2) is 48.5 Å². The maximum Gasteiger partial charge on any atom is 0.162 e. The Morgan fingerprint density at radius 3 is 2.42 bits per heavy atom. The Hall–Kier alpha value is -3.38. The summed E-state index contributed by atoms with van der Waals surface area (Å²) in [5, 5.41) is 0. The van der Waals surface area contributed by atoms with Crippen molar-refractivity contribution >= 4 is 22.5 Å². The van der Waals surface area contributed by atoms with E-state index in [4.69, 9.17) is 4.98 Å². The second-order valence-electron chi connectivity index (χ2n) is 8.31. The monoisotopic (exact) mass is 415 g/mol. The van der Waals surface area contributed by atoms with Gasteiger partial charge in [-0.05, 0) is 51.7 Å². The number of likely N-dealkylation sites (N-methyl/N-ethyl adjacent to an activating group) is 2. The van der Waals surface area contributed by atoms with Crippen molar-refractivity contribution in [3.63, 3.8) is 0 Å². The van der Waals surface area contributed by atoms with Crippen LogP contribution in [0.3, 0.4) is 0 Å². The number of imidazole rings is 1. The molecule has 160 valence electrons. The van der Waals surface area contributed by atoms with Gasteiger partial charge in [-0.3, -0.25) is 4.79 Å². The second kappa shape index (κ2) is 8.40. The lowest BCUT2D eigenvalue weighted by molar-refractivity contribution is 0.101. The van der Waals surface area contributed by atoms with Crippen molar-refractivity contribution in [2.45, 2.75) is 13.8 Å². The number of fused-ring (bicyclic) bond motifs is 1. The molecule has 0 amide bonds. The fraction of sp³-hybridized carbons (Fsp3) is 0.280. The van der Waals surface area contributed by atoms with Crippen molar-refractivity contribution in [1.82, 2.24) is 19.9 Å². The van der Waals surface area contributed by atoms with Crippen LogP contribution in [0.2, 0.25) is 0 Å². The number of Topliss-reactive ketones (excluding diaryl/α,β-unsaturated/α-hetero) is 1. The van der Waals surface area contributed by atoms with Crippen LogP contribution in [-0.4, -0.2) is 59.9 Å². The largest absolute Gasteiger partial charge is 0.373 e. The third-order valence-corrected chi connectivity index (χ3v) is 5.63. The molecule has 0 bridgehead atoms. The van der Waals surface area contributed by atoms with E-state index in [-0.39, 0.29) is 5.78 Å². The van der Waals surface area contributed by atoms with Crippen molar-refractivity contribution in [2.24, 2.45) is 0 Å². The number of carbonyl (C=O) groups excluding carboxylic acids is 1. The number of nitrogens with one attached hydrogen (secondary N) is 2. The summed E-state index contributed by atoms with van der Waals surface area (Å²) in [7, 11) is 6.26. The summed E-state index contributed by atoms with van der Waals surface area (Å²) in [6.07, 6.45) is 0. The Kier molecular flexibility index (Phi) is 5.65. The van der Waals surface area contributed by atoms with Crippen LogP contribution < -0.4 is 4.90 Å². The molecule has 0 radical (unpaired) electrons. The van der Waals surface area contributed by atoms with Gasteiger partial charge in [0, 0.05) is 42.6 Å². The van der Waals surface area contributed by atoms with Crippen molar-refractivity contribution in [3.05, 3.63) is 59.8 Å². The van der Waals surface area contributed by atoms with Crippen LogP contribution in [0.5, 0.6) is 0 Å². The zero-order valence-electron chi connectivity index (χ0n) is 18.8. The van der Waals surface area contributed by atoms with Crippen molar-refractivity contribution in [3.8, 4) is 22.6 Å². The molecule has 0 aliphatic heterocycles. The summed E-state index contributed by atoms with van der Waals surface area (Å²) in [6, 6.07) is 16.3. The number of carbonyl (C=O) groups is 1. The van der Waals surface area contributed by atoms with Crippen LogP contribution >= 0.6 is 0 Å². The molecule has 2 aromatic heterocycles. The zero-order valence-corrected chi connectivity index (χ0v) is 18.8. The van der Waals surface area contributed by atoms with E-state index in [2.05, 4.69) is 53.0 Å². The molecule has 0 saturated carbocycles. The first-order valence-corrected chi connectivity index (χ1v) is 10.5. The van der Waals surface area contributed by atoms with Crippen LogP contribution in [0.4, 0.5) is 5.69 Å². The Labute approximate surface area is 182 Å². The summed E-state index contributed by atoms with van der Waals surface area (Å²) in [5.74, 6) is 0.775. The fourth-order valence-electron chi connectivity index (χ4n) is 3.97. The second-order valence-corrected chi connectivity index (χ2v) is 8.31. The standard InChI is InChI=1S/C25H29N5O/c1-16-22(17(2)31)23(18-9-7-6-8-10-18)24(26-16)25-27-20-12-11-19(15-21(20)28-25)30(5)14-13-29(3)4/h6-12,15,26H,13-14H2,1-5H3,(H,27,28). The number of H-pyrrole nitrogens is 2. The van der Waals surface area contributed by atoms with E-state index < -0.39 is 0 Å². The SMILES string of the molecule is CC(=O)c1c(C)[nH]c(-c2nc3ccc(N(C)CCN(C)C)cc3[nH]2)c1-c1ccccc1. The van der Waals surface area contributed by atoms with Crippen molar-refractivity contribution < 1.29 is 4.79 Å². The van der Waals surface area contributed by atoms with Crippen molar-refractivity contribution in [1.29, 1.82) is 0 Å². The predicted molar refractivity (Wildman–Crippen MR) is 128 cm³/mol. The summed E-state index contributed by atoms with van der Waals surface area (Å²) in [4.78, 5) is 28.6. The highest BCUT2D eigenvalue weighted by atomic mass is 16.1. The van der Waals surface area contributed by atoms with Crippen LogP contribution in [-0.2, 0) is 0 Å². The highest BCUT2D eigenvalue weighted by Crippen LogP contribution is 2.36. The minimum atomic E-state index is 0.0415. The average molecular weight is 416 g/mol. The number of nitrogens with zero attached hydrogens (tertiary/aromatic N) is 3. The Morgan fingerprint density at radius 2 is 1.74 bits per heavy atom. The fourth-order valence-corrected chi connectivity index (χ4v) is 3.97. The number of hydrogen-bond acceptors (Lipinski definition) is 4. The number of aromatic nitrogens is 3. The molecular formula is C25H29N5O.